The van der Waals surface area contributed by atoms with Crippen LogP contribution in [-0.2, 0) is 26.5 Å². The van der Waals surface area contributed by atoms with Gasteiger partial charge in [0, 0.05) is 22.8 Å². The maximum absolute atomic E-state index is 8.12. The van der Waals surface area contributed by atoms with Crippen molar-refractivity contribution in [3.63, 3.8) is 0 Å². The molecule has 0 amide bonds. The number of nitrogens with zero attached hydrogens (tertiary/aromatic N) is 4. The Morgan fingerprint density at radius 1 is 0.711 bits per heavy atom. The van der Waals surface area contributed by atoms with E-state index in [1.54, 1.807) is 0 Å². The van der Waals surface area contributed by atoms with Crippen molar-refractivity contribution in [2.24, 2.45) is 0 Å². The van der Waals surface area contributed by atoms with Crippen molar-refractivity contribution in [2.75, 3.05) is 23.4 Å². The summed E-state index contributed by atoms with van der Waals surface area (Å²) < 4.78 is 26.6. The first kappa shape index (κ1) is 25.6. The van der Waals surface area contributed by atoms with Crippen LogP contribution in [0.5, 0.6) is 0 Å². The quantitative estimate of drug-likeness (QED) is 0.163. The third kappa shape index (κ3) is 4.85. The third-order valence-corrected chi connectivity index (χ3v) is 8.83. The van der Waals surface area contributed by atoms with Gasteiger partial charge in [0.2, 0.25) is 0 Å². The molecule has 222 valence electrons. The molecule has 0 bridgehead atoms. The van der Waals surface area contributed by atoms with Crippen molar-refractivity contribution in [1.82, 2.24) is 9.55 Å². The monoisotopic (exact) mass is 766 g/mol. The van der Waals surface area contributed by atoms with Gasteiger partial charge in [-0.3, -0.25) is 0 Å². The molecule has 3 heterocycles. The van der Waals surface area contributed by atoms with Gasteiger partial charge in [-0.05, 0) is 52.3 Å². The number of pyridine rings is 1. The summed E-state index contributed by atoms with van der Waals surface area (Å²) in [6.45, 7) is 2.35. The van der Waals surface area contributed by atoms with Crippen molar-refractivity contribution in [3.8, 4) is 16.9 Å². The maximum Gasteiger partial charge on any atom is 2.00 e. The molecule has 0 unspecified atom stereocenters. The molecule has 0 fully saturated rings. The number of anilines is 3. The van der Waals surface area contributed by atoms with Gasteiger partial charge in [0.15, 0.2) is 0 Å². The Kier molecular flexibility index (Phi) is 6.47. The summed E-state index contributed by atoms with van der Waals surface area (Å²) in [4.78, 5) is 8.34. The Morgan fingerprint density at radius 3 is 2.31 bits per heavy atom. The van der Waals surface area contributed by atoms with Crippen LogP contribution >= 0.6 is 0 Å². The second kappa shape index (κ2) is 11.4. The predicted molar refractivity (Wildman–Crippen MR) is 182 cm³/mol. The number of hydrogen-bond donors (Lipinski definition) is 0. The fraction of sp³-hybridized carbons (Fsp3) is 0.125. The van der Waals surface area contributed by atoms with E-state index in [0.717, 1.165) is 61.3 Å². The van der Waals surface area contributed by atoms with E-state index in [1.165, 1.54) is 4.90 Å². The fourth-order valence-corrected chi connectivity index (χ4v) is 6.39. The first-order valence-electron chi connectivity index (χ1n) is 16.3. The van der Waals surface area contributed by atoms with Crippen molar-refractivity contribution in [3.05, 3.63) is 151 Å². The first-order chi connectivity index (χ1) is 22.7. The summed E-state index contributed by atoms with van der Waals surface area (Å²) in [7, 11) is 0. The number of aromatic nitrogens is 2. The van der Waals surface area contributed by atoms with Gasteiger partial charge in [0.05, 0.1) is 18.0 Å². The van der Waals surface area contributed by atoms with Gasteiger partial charge in [-0.25, -0.2) is 4.98 Å². The van der Waals surface area contributed by atoms with E-state index in [-0.39, 0.29) is 27.7 Å². The van der Waals surface area contributed by atoms with Crippen LogP contribution in [-0.4, -0.2) is 23.2 Å². The predicted octanol–water partition coefficient (Wildman–Crippen LogP) is 9.31. The van der Waals surface area contributed by atoms with E-state index in [2.05, 4.69) is 103 Å². The van der Waals surface area contributed by atoms with Crippen LogP contribution in [0.2, 0.25) is 0 Å². The number of hydrogen-bond acceptors (Lipinski definition) is 3. The Labute approximate surface area is 283 Å². The zero-order valence-corrected chi connectivity index (χ0v) is 27.2. The molecule has 1 aliphatic rings. The van der Waals surface area contributed by atoms with Crippen LogP contribution < -0.4 is 9.80 Å². The SMILES string of the molecule is [2H]C([2H])([2H])N1CN(c2[c-]c(C(C)(C)c3[c-]c4c(cc3)c3ccccc3n4-c3cc(-c4ccccc4)ccn3)ccc2)c2ccccc21.[Pt+2]. The summed E-state index contributed by atoms with van der Waals surface area (Å²) in [6, 6.07) is 48.6. The molecule has 0 atom stereocenters. The summed E-state index contributed by atoms with van der Waals surface area (Å²) in [5.74, 6) is 0.837. The van der Waals surface area contributed by atoms with Crippen LogP contribution in [0.4, 0.5) is 17.1 Å². The zero-order valence-electron chi connectivity index (χ0n) is 27.9. The van der Waals surface area contributed by atoms with Crippen LogP contribution in [0.1, 0.15) is 29.1 Å². The smallest absolute Gasteiger partial charge is 0.355 e. The number of rotatable bonds is 5. The Bertz CT molecular complexity index is 2280. The minimum absolute atomic E-state index is 0. The van der Waals surface area contributed by atoms with Gasteiger partial charge in [-0.1, -0.05) is 85.7 Å². The minimum atomic E-state index is -2.25. The van der Waals surface area contributed by atoms with Crippen molar-refractivity contribution in [2.45, 2.75) is 19.3 Å². The minimum Gasteiger partial charge on any atom is -0.355 e. The number of fused-ring (bicyclic) bond motifs is 4. The van der Waals surface area contributed by atoms with Gasteiger partial charge in [0.1, 0.15) is 5.82 Å². The van der Waals surface area contributed by atoms with E-state index < -0.39 is 12.4 Å². The second-order valence-corrected chi connectivity index (χ2v) is 11.8. The van der Waals surface area contributed by atoms with E-state index in [1.807, 2.05) is 59.6 Å². The summed E-state index contributed by atoms with van der Waals surface area (Å²) in [6.07, 6.45) is 1.87. The fourth-order valence-electron chi connectivity index (χ4n) is 6.39. The number of para-hydroxylation sites is 3. The van der Waals surface area contributed by atoms with E-state index in [4.69, 9.17) is 9.10 Å². The molecule has 0 aliphatic carbocycles. The zero-order chi connectivity index (χ0) is 32.3. The molecule has 0 N–H and O–H groups in total. The molecule has 45 heavy (non-hydrogen) atoms. The molecule has 2 aromatic heterocycles. The van der Waals surface area contributed by atoms with Gasteiger partial charge in [-0.2, -0.15) is 47.5 Å². The molecule has 7 aromatic rings. The van der Waals surface area contributed by atoms with Crippen LogP contribution in [0.15, 0.2) is 128 Å². The second-order valence-electron chi connectivity index (χ2n) is 11.8. The molecule has 0 saturated heterocycles. The molecule has 8 rings (SSSR count). The molecule has 0 spiro atoms. The molecule has 5 heteroatoms. The van der Waals surface area contributed by atoms with Crippen molar-refractivity contribution >= 4 is 38.9 Å². The largest absolute Gasteiger partial charge is 2.00 e. The van der Waals surface area contributed by atoms with Crippen LogP contribution in [0.25, 0.3) is 38.8 Å². The molecule has 4 nitrogen and oxygen atoms in total. The van der Waals surface area contributed by atoms with Gasteiger partial charge < -0.3 is 14.4 Å². The normalized spacial score (nSPS) is 14.1. The molecular formula is C40H32N4Pt. The topological polar surface area (TPSA) is 24.3 Å². The Morgan fingerprint density at radius 2 is 1.47 bits per heavy atom. The molecule has 5 aromatic carbocycles. The van der Waals surface area contributed by atoms with Gasteiger partial charge in [0.25, 0.3) is 0 Å². The van der Waals surface area contributed by atoms with E-state index in [9.17, 15) is 0 Å². The average Bonchev–Trinajstić information content (AvgIpc) is 3.65. The Balaban J connectivity index is 0.00000364. The summed E-state index contributed by atoms with van der Waals surface area (Å²) in [5.41, 5.74) is 8.21. The van der Waals surface area contributed by atoms with Crippen molar-refractivity contribution < 1.29 is 25.2 Å². The van der Waals surface area contributed by atoms with Gasteiger partial charge in [-0.15, -0.1) is 11.5 Å². The molecule has 1 aliphatic heterocycles. The maximum atomic E-state index is 8.12. The van der Waals surface area contributed by atoms with Crippen LogP contribution in [0.3, 0.4) is 0 Å². The van der Waals surface area contributed by atoms with Gasteiger partial charge >= 0.3 is 21.1 Å². The van der Waals surface area contributed by atoms with E-state index >= 15 is 0 Å². The van der Waals surface area contributed by atoms with Crippen molar-refractivity contribution in [1.29, 1.82) is 0 Å². The summed E-state index contributed by atoms with van der Waals surface area (Å²) in [5, 5.41) is 2.26. The molecule has 0 saturated carbocycles. The number of benzene rings is 5. The molecular weight excluding hydrogens is 732 g/mol. The Hall–Kier alpha value is -4.66. The average molecular weight is 767 g/mol. The molecule has 0 radical (unpaired) electrons. The van der Waals surface area contributed by atoms with Crippen LogP contribution in [0, 0.1) is 12.1 Å². The van der Waals surface area contributed by atoms with E-state index in [0.29, 0.717) is 5.69 Å². The third-order valence-electron chi connectivity index (χ3n) is 8.83. The first-order valence-corrected chi connectivity index (χ1v) is 14.8. The summed E-state index contributed by atoms with van der Waals surface area (Å²) >= 11 is 0. The standard InChI is InChI=1S/C40H32N4.Pt/c1-40(2,30-14-11-15-32(25-30)43-27-42(3)36-18-9-10-19-37(36)43)31-20-21-34-33-16-7-8-17-35(33)44(38(34)26-31)39-24-29(22-23-41-39)28-12-5-4-6-13-28;/h4-24H,27H2,1-3H3;/q-2;+2/i3D3;.